The molecule has 1 aliphatic rings. The Balaban J connectivity index is 0.00000261. The first-order valence-electron chi connectivity index (χ1n) is 9.05. The summed E-state index contributed by atoms with van der Waals surface area (Å²) in [5.74, 6) is 0.779. The number of carbonyl (C=O) groups is 1. The maximum Gasteiger partial charge on any atom is 0.226 e. The van der Waals surface area contributed by atoms with Crippen LogP contribution in [0.2, 0.25) is 0 Å². The number of carbonyl (C=O) groups excluding carboxylic acids is 1. The molecule has 146 valence electrons. The summed E-state index contributed by atoms with van der Waals surface area (Å²) in [4.78, 5) is 12.2. The van der Waals surface area contributed by atoms with E-state index in [1.807, 2.05) is 50.2 Å². The van der Waals surface area contributed by atoms with Crippen LogP contribution in [0, 0.1) is 6.92 Å². The maximum atomic E-state index is 12.2. The van der Waals surface area contributed by atoms with Crippen molar-refractivity contribution in [2.24, 2.45) is 0 Å². The molecule has 27 heavy (non-hydrogen) atoms. The largest absolute Gasteiger partial charge is 0.486 e. The van der Waals surface area contributed by atoms with E-state index < -0.39 is 0 Å². The van der Waals surface area contributed by atoms with Crippen molar-refractivity contribution in [2.75, 3.05) is 25.1 Å². The lowest BCUT2D eigenvalue weighted by Gasteiger charge is -2.23. The molecule has 0 aromatic heterocycles. The van der Waals surface area contributed by atoms with Gasteiger partial charge in [0.05, 0.1) is 13.2 Å². The number of ether oxygens (including phenoxy) is 2. The molecule has 1 fully saturated rings. The molecule has 0 saturated carbocycles. The monoisotopic (exact) mass is 390 g/mol. The van der Waals surface area contributed by atoms with Gasteiger partial charge >= 0.3 is 0 Å². The number of anilines is 1. The SMILES string of the molecule is Cc1cc(OC(C)c2ccccc2)ccc1NC(=O)CC1COCCN1.Cl. The molecule has 6 heteroatoms. The van der Waals surface area contributed by atoms with Crippen molar-refractivity contribution in [3.8, 4) is 5.75 Å². The molecular weight excluding hydrogens is 364 g/mol. The average molecular weight is 391 g/mol. The van der Waals surface area contributed by atoms with Crippen molar-refractivity contribution in [3.05, 3.63) is 59.7 Å². The second kappa shape index (κ2) is 10.3. The predicted molar refractivity (Wildman–Crippen MR) is 110 cm³/mol. The number of amides is 1. The fraction of sp³-hybridized carbons (Fsp3) is 0.381. The molecule has 0 radical (unpaired) electrons. The van der Waals surface area contributed by atoms with Crippen LogP contribution in [0.25, 0.3) is 0 Å². The zero-order valence-corrected chi connectivity index (χ0v) is 16.6. The van der Waals surface area contributed by atoms with Gasteiger partial charge in [-0.1, -0.05) is 30.3 Å². The third-order valence-corrected chi connectivity index (χ3v) is 4.48. The van der Waals surface area contributed by atoms with Gasteiger partial charge in [-0.2, -0.15) is 0 Å². The highest BCUT2D eigenvalue weighted by Crippen LogP contribution is 2.26. The average Bonchev–Trinajstić information content (AvgIpc) is 2.65. The third-order valence-electron chi connectivity index (χ3n) is 4.48. The van der Waals surface area contributed by atoms with Crippen molar-refractivity contribution >= 4 is 24.0 Å². The van der Waals surface area contributed by atoms with E-state index in [0.717, 1.165) is 29.1 Å². The summed E-state index contributed by atoms with van der Waals surface area (Å²) in [7, 11) is 0. The van der Waals surface area contributed by atoms with E-state index in [4.69, 9.17) is 9.47 Å². The fourth-order valence-corrected chi connectivity index (χ4v) is 3.02. The molecule has 2 N–H and O–H groups in total. The lowest BCUT2D eigenvalue weighted by atomic mass is 10.1. The first-order chi connectivity index (χ1) is 12.6. The van der Waals surface area contributed by atoms with Gasteiger partial charge in [0.1, 0.15) is 11.9 Å². The van der Waals surface area contributed by atoms with Crippen LogP contribution in [0.1, 0.15) is 30.6 Å². The molecule has 1 aliphatic heterocycles. The molecule has 1 heterocycles. The van der Waals surface area contributed by atoms with Crippen molar-refractivity contribution < 1.29 is 14.3 Å². The molecule has 2 aromatic carbocycles. The normalized spacial score (nSPS) is 17.5. The Morgan fingerprint density at radius 3 is 2.74 bits per heavy atom. The van der Waals surface area contributed by atoms with Crippen LogP contribution in [-0.2, 0) is 9.53 Å². The summed E-state index contributed by atoms with van der Waals surface area (Å²) in [6.07, 6.45) is 0.372. The molecule has 0 spiro atoms. The molecule has 3 rings (SSSR count). The van der Waals surface area contributed by atoms with Gasteiger partial charge in [-0.3, -0.25) is 4.79 Å². The number of benzene rings is 2. The number of nitrogens with one attached hydrogen (secondary N) is 2. The minimum atomic E-state index is -0.0339. The van der Waals surface area contributed by atoms with E-state index in [0.29, 0.717) is 19.6 Å². The number of aryl methyl sites for hydroxylation is 1. The Labute approximate surface area is 166 Å². The van der Waals surface area contributed by atoms with E-state index in [1.54, 1.807) is 0 Å². The molecule has 2 atom stereocenters. The third kappa shape index (κ3) is 6.24. The van der Waals surface area contributed by atoms with Gasteiger partial charge in [0, 0.05) is 24.7 Å². The number of halogens is 1. The fourth-order valence-electron chi connectivity index (χ4n) is 3.02. The second-order valence-electron chi connectivity index (χ2n) is 6.63. The number of rotatable bonds is 6. The van der Waals surface area contributed by atoms with Crippen LogP contribution in [-0.4, -0.2) is 31.7 Å². The van der Waals surface area contributed by atoms with Gasteiger partial charge in [0.2, 0.25) is 5.91 Å². The molecule has 2 unspecified atom stereocenters. The Morgan fingerprint density at radius 1 is 1.30 bits per heavy atom. The van der Waals surface area contributed by atoms with E-state index in [9.17, 15) is 4.79 Å². The predicted octanol–water partition coefficient (Wildman–Crippen LogP) is 3.87. The van der Waals surface area contributed by atoms with Crippen molar-refractivity contribution in [1.82, 2.24) is 5.32 Å². The van der Waals surface area contributed by atoms with Crippen LogP contribution < -0.4 is 15.4 Å². The van der Waals surface area contributed by atoms with E-state index in [1.165, 1.54) is 0 Å². The lowest BCUT2D eigenvalue weighted by Crippen LogP contribution is -2.43. The highest BCUT2D eigenvalue weighted by atomic mass is 35.5. The van der Waals surface area contributed by atoms with Gasteiger partial charge in [0.15, 0.2) is 0 Å². The minimum absolute atomic E-state index is 0. The Morgan fingerprint density at radius 2 is 2.07 bits per heavy atom. The first-order valence-corrected chi connectivity index (χ1v) is 9.05. The molecule has 2 aromatic rings. The molecular formula is C21H27ClN2O3. The van der Waals surface area contributed by atoms with Gasteiger partial charge in [0.25, 0.3) is 0 Å². The highest BCUT2D eigenvalue weighted by molar-refractivity contribution is 5.92. The molecule has 0 aliphatic carbocycles. The standard InChI is InChI=1S/C21H26N2O3.ClH/c1-15-12-19(26-16(2)17-6-4-3-5-7-17)8-9-20(15)23-21(24)13-18-14-25-11-10-22-18;/h3-9,12,16,18,22H,10-11,13-14H2,1-2H3,(H,23,24);1H. The minimum Gasteiger partial charge on any atom is -0.486 e. The van der Waals surface area contributed by atoms with Crippen LogP contribution in [0.15, 0.2) is 48.5 Å². The van der Waals surface area contributed by atoms with Crippen molar-refractivity contribution in [3.63, 3.8) is 0 Å². The molecule has 5 nitrogen and oxygen atoms in total. The molecule has 0 bridgehead atoms. The summed E-state index contributed by atoms with van der Waals surface area (Å²) in [6.45, 7) is 6.08. The summed E-state index contributed by atoms with van der Waals surface area (Å²) in [6, 6.07) is 15.9. The smallest absolute Gasteiger partial charge is 0.226 e. The number of morpholine rings is 1. The van der Waals surface area contributed by atoms with Crippen LogP contribution in [0.4, 0.5) is 5.69 Å². The first kappa shape index (κ1) is 21.2. The zero-order chi connectivity index (χ0) is 18.4. The Kier molecular flexibility index (Phi) is 8.10. The van der Waals surface area contributed by atoms with E-state index in [2.05, 4.69) is 22.8 Å². The lowest BCUT2D eigenvalue weighted by molar-refractivity contribution is -0.117. The summed E-state index contributed by atoms with van der Waals surface area (Å²) >= 11 is 0. The van der Waals surface area contributed by atoms with Gasteiger partial charge in [-0.25, -0.2) is 0 Å². The number of hydrogen-bond acceptors (Lipinski definition) is 4. The quantitative estimate of drug-likeness (QED) is 0.786. The van der Waals surface area contributed by atoms with Crippen LogP contribution >= 0.6 is 12.4 Å². The second-order valence-corrected chi connectivity index (χ2v) is 6.63. The van der Waals surface area contributed by atoms with Gasteiger partial charge in [-0.05, 0) is 43.2 Å². The number of hydrogen-bond donors (Lipinski definition) is 2. The van der Waals surface area contributed by atoms with Gasteiger partial charge in [-0.15, -0.1) is 12.4 Å². The molecule has 1 saturated heterocycles. The Bertz CT molecular complexity index is 733. The van der Waals surface area contributed by atoms with Gasteiger partial charge < -0.3 is 20.1 Å². The van der Waals surface area contributed by atoms with Crippen molar-refractivity contribution in [2.45, 2.75) is 32.4 Å². The zero-order valence-electron chi connectivity index (χ0n) is 15.7. The molecule has 1 amide bonds. The summed E-state index contributed by atoms with van der Waals surface area (Å²) in [5.41, 5.74) is 2.92. The Hall–Kier alpha value is -2.08. The van der Waals surface area contributed by atoms with Crippen LogP contribution in [0.5, 0.6) is 5.75 Å². The van der Waals surface area contributed by atoms with Crippen molar-refractivity contribution in [1.29, 1.82) is 0 Å². The maximum absolute atomic E-state index is 12.2. The summed E-state index contributed by atoms with van der Waals surface area (Å²) in [5, 5.41) is 6.27. The van der Waals surface area contributed by atoms with E-state index in [-0.39, 0.29) is 30.5 Å². The topological polar surface area (TPSA) is 59.6 Å². The highest BCUT2D eigenvalue weighted by Gasteiger charge is 2.17. The summed E-state index contributed by atoms with van der Waals surface area (Å²) < 4.78 is 11.4. The van der Waals surface area contributed by atoms with E-state index >= 15 is 0 Å². The van der Waals surface area contributed by atoms with Crippen LogP contribution in [0.3, 0.4) is 0 Å².